The lowest BCUT2D eigenvalue weighted by Gasteiger charge is -2.26. The number of carboxylic acids is 1. The quantitative estimate of drug-likeness (QED) is 0.740. The van der Waals surface area contributed by atoms with Crippen molar-refractivity contribution in [3.05, 3.63) is 0 Å². The first-order valence-electron chi connectivity index (χ1n) is 5.61. The van der Waals surface area contributed by atoms with Gasteiger partial charge in [-0.3, -0.25) is 4.90 Å². The van der Waals surface area contributed by atoms with Gasteiger partial charge >= 0.3 is 12.1 Å². The van der Waals surface area contributed by atoms with E-state index >= 15 is 0 Å². The molecular weight excluding hydrogens is 186 g/mol. The summed E-state index contributed by atoms with van der Waals surface area (Å²) < 4.78 is 26.3. The molecule has 5 nitrogen and oxygen atoms in total. The Morgan fingerprint density at radius 3 is 2.29 bits per heavy atom. The summed E-state index contributed by atoms with van der Waals surface area (Å²) in [6.45, 7) is 2.94. The first-order chi connectivity index (χ1) is 7.36. The molecule has 0 aromatic carbocycles. The Labute approximate surface area is 87.9 Å². The van der Waals surface area contributed by atoms with Crippen molar-refractivity contribution in [1.29, 1.82) is 0 Å². The number of nitrogens with zero attached hydrogens (tertiary/aromatic N) is 1. The summed E-state index contributed by atoms with van der Waals surface area (Å²) in [7, 11) is 0. The maximum atomic E-state index is 11.6. The molecule has 0 heterocycles. The Bertz CT molecular complexity index is 308. The minimum Gasteiger partial charge on any atom is -0.480 e. The van der Waals surface area contributed by atoms with Crippen LogP contribution < -0.4 is 0 Å². The van der Waals surface area contributed by atoms with Crippen LogP contribution in [0.2, 0.25) is 0 Å². The van der Waals surface area contributed by atoms with Crippen LogP contribution in [-0.4, -0.2) is 40.7 Å². The molecule has 0 aliphatic heterocycles. The molecule has 0 spiro atoms. The van der Waals surface area contributed by atoms with Crippen LogP contribution in [0.3, 0.4) is 0 Å². The van der Waals surface area contributed by atoms with Gasteiger partial charge in [0, 0.05) is 11.1 Å². The minimum absolute atomic E-state index is 0.237. The van der Waals surface area contributed by atoms with Crippen molar-refractivity contribution in [2.75, 3.05) is 6.98 Å². The lowest BCUT2D eigenvalue weighted by atomic mass is 10.2. The molecular formula is C9H17NO4. The molecule has 1 N–H and O–H groups in total. The minimum atomic E-state index is -2.86. The molecule has 82 valence electrons. The van der Waals surface area contributed by atoms with E-state index in [0.29, 0.717) is 0 Å². The Balaban J connectivity index is 5.09. The first-order valence-corrected chi connectivity index (χ1v) is 4.11. The van der Waals surface area contributed by atoms with Crippen molar-refractivity contribution in [1.82, 2.24) is 4.90 Å². The van der Waals surface area contributed by atoms with Crippen LogP contribution in [0.1, 0.15) is 31.8 Å². The van der Waals surface area contributed by atoms with Gasteiger partial charge < -0.3 is 9.84 Å². The van der Waals surface area contributed by atoms with Gasteiger partial charge in [-0.1, -0.05) is 0 Å². The number of carboxylic acid groups (broad SMARTS) is 1. The molecule has 0 rings (SSSR count). The van der Waals surface area contributed by atoms with Gasteiger partial charge in [0.15, 0.2) is 0 Å². The lowest BCUT2D eigenvalue weighted by molar-refractivity contribution is -0.141. The summed E-state index contributed by atoms with van der Waals surface area (Å²) in [5, 5.41) is 8.76. The maximum Gasteiger partial charge on any atom is 0.410 e. The van der Waals surface area contributed by atoms with E-state index in [-0.39, 0.29) is 4.90 Å². The Hall–Kier alpha value is -1.26. The van der Waals surface area contributed by atoms with Gasteiger partial charge in [-0.25, -0.2) is 9.59 Å². The molecule has 5 heteroatoms. The Morgan fingerprint density at radius 2 is 2.00 bits per heavy atom. The summed E-state index contributed by atoms with van der Waals surface area (Å²) in [6.07, 6.45) is -1.17. The van der Waals surface area contributed by atoms with E-state index in [1.54, 1.807) is 20.8 Å². The highest BCUT2D eigenvalue weighted by atomic mass is 16.6. The van der Waals surface area contributed by atoms with Gasteiger partial charge in [0.2, 0.25) is 0 Å². The highest BCUT2D eigenvalue weighted by Gasteiger charge is 2.26. The zero-order chi connectivity index (χ0) is 14.0. The Kier molecular flexibility index (Phi) is 2.48. The number of likely N-dealkylation sites (N-methyl/N-ethyl adjacent to an activating group) is 1. The second kappa shape index (κ2) is 4.30. The first kappa shape index (κ1) is 8.08. The van der Waals surface area contributed by atoms with E-state index in [0.717, 1.165) is 6.92 Å². The summed E-state index contributed by atoms with van der Waals surface area (Å²) in [5.41, 5.74) is -0.890. The monoisotopic (exact) mass is 206 g/mol. The highest BCUT2D eigenvalue weighted by molar-refractivity contribution is 5.79. The van der Waals surface area contributed by atoms with Crippen molar-refractivity contribution >= 4 is 12.1 Å². The number of hydrogen-bond acceptors (Lipinski definition) is 3. The van der Waals surface area contributed by atoms with Gasteiger partial charge in [0.1, 0.15) is 11.6 Å². The number of carbonyl (C=O) groups excluding carboxylic acids is 1. The van der Waals surface area contributed by atoms with Gasteiger partial charge in [0.05, 0.1) is 0 Å². The Morgan fingerprint density at radius 1 is 1.50 bits per heavy atom. The topological polar surface area (TPSA) is 66.8 Å². The fourth-order valence-electron chi connectivity index (χ4n) is 0.580. The molecule has 0 fully saturated rings. The van der Waals surface area contributed by atoms with E-state index in [1.165, 1.54) is 0 Å². The van der Waals surface area contributed by atoms with Crippen LogP contribution in [0.15, 0.2) is 0 Å². The average molecular weight is 206 g/mol. The maximum absolute atomic E-state index is 11.6. The third kappa shape index (κ3) is 4.11. The second-order valence-electron chi connectivity index (χ2n) is 3.86. The van der Waals surface area contributed by atoms with Crippen LogP contribution in [0.25, 0.3) is 0 Å². The van der Waals surface area contributed by atoms with Crippen LogP contribution in [0, 0.1) is 0 Å². The summed E-state index contributed by atoms with van der Waals surface area (Å²) >= 11 is 0. The second-order valence-corrected chi connectivity index (χ2v) is 3.86. The molecule has 1 amide bonds. The molecule has 0 aliphatic rings. The fourth-order valence-corrected chi connectivity index (χ4v) is 0.580. The lowest BCUT2D eigenvalue weighted by Crippen LogP contribution is -2.43. The molecule has 14 heavy (non-hydrogen) atoms. The number of carbonyl (C=O) groups is 2. The molecule has 0 unspecified atom stereocenters. The number of hydrogen-bond donors (Lipinski definition) is 1. The predicted molar refractivity (Wildman–Crippen MR) is 51.1 cm³/mol. The number of amides is 1. The van der Waals surface area contributed by atoms with Gasteiger partial charge in [0.25, 0.3) is 0 Å². The van der Waals surface area contributed by atoms with Crippen molar-refractivity contribution in [2.24, 2.45) is 0 Å². The summed E-state index contributed by atoms with van der Waals surface area (Å²) in [5.74, 6) is -1.41. The molecule has 0 aliphatic carbocycles. The summed E-state index contributed by atoms with van der Waals surface area (Å²) in [6, 6.07) is -1.49. The summed E-state index contributed by atoms with van der Waals surface area (Å²) in [4.78, 5) is 22.6. The third-order valence-corrected chi connectivity index (χ3v) is 1.33. The fraction of sp³-hybridized carbons (Fsp3) is 0.778. The molecule has 0 aromatic heterocycles. The molecule has 0 bridgehead atoms. The van der Waals surface area contributed by atoms with E-state index in [4.69, 9.17) is 14.0 Å². The predicted octanol–water partition coefficient (Wildman–Crippen LogP) is 1.33. The van der Waals surface area contributed by atoms with Crippen molar-refractivity contribution in [2.45, 2.75) is 39.3 Å². The molecule has 0 aromatic rings. The number of rotatable bonds is 2. The molecule has 1 atom stereocenters. The van der Waals surface area contributed by atoms with Crippen molar-refractivity contribution in [3.8, 4) is 0 Å². The zero-order valence-electron chi connectivity index (χ0n) is 11.7. The van der Waals surface area contributed by atoms with Crippen LogP contribution in [0.5, 0.6) is 0 Å². The van der Waals surface area contributed by atoms with Crippen molar-refractivity contribution < 1.29 is 23.5 Å². The third-order valence-electron chi connectivity index (χ3n) is 1.33. The number of aliphatic carboxylic acids is 1. The largest absolute Gasteiger partial charge is 0.480 e. The average Bonchev–Trinajstić information content (AvgIpc) is 1.96. The molecule has 0 saturated heterocycles. The van der Waals surface area contributed by atoms with Crippen LogP contribution in [-0.2, 0) is 9.53 Å². The van der Waals surface area contributed by atoms with Gasteiger partial charge in [-0.2, -0.15) is 0 Å². The van der Waals surface area contributed by atoms with E-state index < -0.39 is 30.7 Å². The van der Waals surface area contributed by atoms with E-state index in [2.05, 4.69) is 0 Å². The van der Waals surface area contributed by atoms with Gasteiger partial charge in [-0.15, -0.1) is 0 Å². The van der Waals surface area contributed by atoms with Crippen LogP contribution >= 0.6 is 0 Å². The normalized spacial score (nSPS) is 17.3. The standard InChI is InChI=1S/C9H17NO4/c1-6(7(11)12)10(5)8(13)14-9(2,3)4/h6H,1-5H3,(H,11,12)/t6-/m0/s1/i5D3. The SMILES string of the molecule is [2H]C([2H])([2H])N(C(=O)OC(C)(C)C)[C@@H](C)C(=O)O. The highest BCUT2D eigenvalue weighted by Crippen LogP contribution is 2.10. The van der Waals surface area contributed by atoms with Gasteiger partial charge in [-0.05, 0) is 27.7 Å². The molecule has 0 radical (unpaired) electrons. The number of ether oxygens (including phenoxy) is 1. The van der Waals surface area contributed by atoms with E-state index in [1.807, 2.05) is 0 Å². The zero-order valence-corrected chi connectivity index (χ0v) is 8.70. The van der Waals surface area contributed by atoms with Crippen LogP contribution in [0.4, 0.5) is 4.79 Å². The van der Waals surface area contributed by atoms with Crippen molar-refractivity contribution in [3.63, 3.8) is 0 Å². The van der Waals surface area contributed by atoms with E-state index in [9.17, 15) is 9.59 Å². The smallest absolute Gasteiger partial charge is 0.410 e. The molecule has 0 saturated carbocycles.